The fraction of sp³-hybridized carbons (Fsp3) is 0.685. The summed E-state index contributed by atoms with van der Waals surface area (Å²) < 4.78 is 17.3. The Morgan fingerprint density at radius 3 is 1.34 bits per heavy atom. The van der Waals surface area contributed by atoms with Crippen LogP contribution in [-0.2, 0) is 28.6 Å². The fourth-order valence-corrected chi connectivity index (χ4v) is 6.74. The fourth-order valence-electron chi connectivity index (χ4n) is 6.74. The van der Waals surface area contributed by atoms with Crippen LogP contribution in [0.3, 0.4) is 0 Å². The Hall–Kier alpha value is -3.49. The van der Waals surface area contributed by atoms with Gasteiger partial charge in [0.2, 0.25) is 0 Å². The number of unbranched alkanes of at least 4 members (excludes halogenated alkanes) is 15. The van der Waals surface area contributed by atoms with Crippen molar-refractivity contribution in [3.63, 3.8) is 0 Å². The van der Waals surface area contributed by atoms with E-state index >= 15 is 0 Å². The zero-order valence-corrected chi connectivity index (χ0v) is 40.3. The minimum Gasteiger partial charge on any atom is -0.477 e. The van der Waals surface area contributed by atoms with Gasteiger partial charge in [0.25, 0.3) is 0 Å². The van der Waals surface area contributed by atoms with E-state index in [9.17, 15) is 19.5 Å². The Balaban J connectivity index is 4.35. The maximum Gasteiger partial charge on any atom is 0.362 e. The minimum atomic E-state index is -0.882. The normalized spacial score (nSPS) is 13.6. The molecule has 0 bridgehead atoms. The van der Waals surface area contributed by atoms with Crippen LogP contribution in [0.4, 0.5) is 0 Å². The highest BCUT2D eigenvalue weighted by atomic mass is 16.6. The molecule has 0 aliphatic carbocycles. The molecular weight excluding hydrogens is 775 g/mol. The van der Waals surface area contributed by atoms with Crippen molar-refractivity contribution in [1.29, 1.82) is 0 Å². The number of aliphatic carboxylic acids is 1. The van der Waals surface area contributed by atoms with Crippen LogP contribution in [0, 0.1) is 0 Å². The molecule has 0 amide bonds. The standard InChI is InChI=1S/C54H91NO7/c1-6-8-10-12-14-16-18-20-22-24-26-28-30-32-34-36-38-40-42-44-52(56)61-49-50(48-60-47-46-51(54(58)59)55(3,4)5)62-53(57)45-43-41-39-37-35-33-31-29-27-25-23-21-19-17-15-13-11-9-7-2/h9,11,14-17,20-23,26-29,50-51H,6-8,10,12-13,18-19,24-25,30-49H2,1-5H3/p+1/b11-9-,16-14-,17-15-,22-20-,23-21-,28-26-,29-27-. The SMILES string of the molecule is CC/C=C\C/C=C\C/C=C\C/C=C\CCCCCCCCC(=O)OC(COCCC(C(=O)O)[N+](C)(C)C)COC(=O)CCCCCCCC/C=C\C/C=C\C/C=C\CCCCC. The number of esters is 2. The Morgan fingerprint density at radius 2 is 0.903 bits per heavy atom. The molecular formula is C54H92NO7+. The molecule has 0 saturated heterocycles. The number of quaternary nitrogens is 1. The monoisotopic (exact) mass is 867 g/mol. The number of carbonyl (C=O) groups excluding carboxylic acids is 2. The Morgan fingerprint density at radius 1 is 0.500 bits per heavy atom. The third kappa shape index (κ3) is 41.8. The second-order valence-corrected chi connectivity index (χ2v) is 17.3. The molecule has 0 heterocycles. The van der Waals surface area contributed by atoms with Gasteiger partial charge in [-0.25, -0.2) is 4.79 Å². The summed E-state index contributed by atoms with van der Waals surface area (Å²) in [5.74, 6) is -1.51. The van der Waals surface area contributed by atoms with E-state index in [1.165, 1.54) is 51.4 Å². The van der Waals surface area contributed by atoms with Crippen LogP contribution < -0.4 is 0 Å². The summed E-state index contributed by atoms with van der Waals surface area (Å²) in [6.45, 7) is 4.56. The van der Waals surface area contributed by atoms with Gasteiger partial charge in [-0.2, -0.15) is 0 Å². The van der Waals surface area contributed by atoms with Crippen molar-refractivity contribution in [3.8, 4) is 0 Å². The molecule has 0 aliphatic rings. The van der Waals surface area contributed by atoms with Gasteiger partial charge in [-0.05, 0) is 89.9 Å². The van der Waals surface area contributed by atoms with Crippen LogP contribution in [0.25, 0.3) is 0 Å². The molecule has 0 aliphatic heterocycles. The average molecular weight is 867 g/mol. The molecule has 2 unspecified atom stereocenters. The number of likely N-dealkylation sites (N-methyl/N-ethyl adjacent to an activating group) is 1. The van der Waals surface area contributed by atoms with E-state index in [-0.39, 0.29) is 36.2 Å². The van der Waals surface area contributed by atoms with Crippen LogP contribution in [0.1, 0.15) is 187 Å². The van der Waals surface area contributed by atoms with Crippen molar-refractivity contribution in [2.75, 3.05) is 41.0 Å². The van der Waals surface area contributed by atoms with Gasteiger partial charge in [-0.3, -0.25) is 9.59 Å². The second-order valence-electron chi connectivity index (χ2n) is 17.3. The first-order valence-electron chi connectivity index (χ1n) is 24.6. The first-order chi connectivity index (χ1) is 30.1. The van der Waals surface area contributed by atoms with Gasteiger partial charge in [-0.1, -0.05) is 163 Å². The van der Waals surface area contributed by atoms with Gasteiger partial charge in [-0.15, -0.1) is 0 Å². The van der Waals surface area contributed by atoms with Crippen LogP contribution in [0.5, 0.6) is 0 Å². The lowest BCUT2D eigenvalue weighted by molar-refractivity contribution is -0.887. The molecule has 0 saturated carbocycles. The van der Waals surface area contributed by atoms with E-state index in [4.69, 9.17) is 14.2 Å². The second kappa shape index (κ2) is 44.1. The lowest BCUT2D eigenvalue weighted by Crippen LogP contribution is -2.50. The number of carboxylic acid groups (broad SMARTS) is 1. The van der Waals surface area contributed by atoms with Crippen molar-refractivity contribution < 1.29 is 38.2 Å². The van der Waals surface area contributed by atoms with Crippen LogP contribution >= 0.6 is 0 Å². The third-order valence-corrected chi connectivity index (χ3v) is 10.5. The molecule has 0 radical (unpaired) electrons. The third-order valence-electron chi connectivity index (χ3n) is 10.5. The summed E-state index contributed by atoms with van der Waals surface area (Å²) in [6.07, 6.45) is 57.6. The Kier molecular flexibility index (Phi) is 41.6. The molecule has 62 heavy (non-hydrogen) atoms. The largest absolute Gasteiger partial charge is 0.477 e. The summed E-state index contributed by atoms with van der Waals surface area (Å²) in [4.78, 5) is 37.1. The number of nitrogens with zero attached hydrogens (tertiary/aromatic N) is 1. The average Bonchev–Trinajstić information content (AvgIpc) is 3.23. The van der Waals surface area contributed by atoms with Crippen molar-refractivity contribution >= 4 is 17.9 Å². The van der Waals surface area contributed by atoms with Gasteiger partial charge in [0.1, 0.15) is 6.61 Å². The maximum atomic E-state index is 12.8. The van der Waals surface area contributed by atoms with Crippen molar-refractivity contribution in [1.82, 2.24) is 0 Å². The van der Waals surface area contributed by atoms with Crippen molar-refractivity contribution in [2.45, 2.75) is 199 Å². The molecule has 0 aromatic carbocycles. The van der Waals surface area contributed by atoms with E-state index in [1.54, 1.807) is 0 Å². The molecule has 8 heteroatoms. The summed E-state index contributed by atoms with van der Waals surface area (Å²) in [5, 5.41) is 9.65. The van der Waals surface area contributed by atoms with E-state index in [1.807, 2.05) is 21.1 Å². The zero-order chi connectivity index (χ0) is 45.6. The highest BCUT2D eigenvalue weighted by Crippen LogP contribution is 2.13. The summed E-state index contributed by atoms with van der Waals surface area (Å²) >= 11 is 0. The van der Waals surface area contributed by atoms with Crippen LogP contribution in [0.2, 0.25) is 0 Å². The topological polar surface area (TPSA) is 99.1 Å². The van der Waals surface area contributed by atoms with Gasteiger partial charge in [0.15, 0.2) is 12.1 Å². The zero-order valence-electron chi connectivity index (χ0n) is 40.3. The smallest absolute Gasteiger partial charge is 0.362 e. The number of allylic oxidation sites excluding steroid dienone is 14. The lowest BCUT2D eigenvalue weighted by atomic mass is 10.1. The molecule has 354 valence electrons. The van der Waals surface area contributed by atoms with Crippen molar-refractivity contribution in [2.24, 2.45) is 0 Å². The lowest BCUT2D eigenvalue weighted by Gasteiger charge is -2.31. The summed E-state index contributed by atoms with van der Waals surface area (Å²) in [7, 11) is 5.52. The number of hydrogen-bond donors (Lipinski definition) is 1. The number of carbonyl (C=O) groups is 3. The van der Waals surface area contributed by atoms with Gasteiger partial charge < -0.3 is 23.8 Å². The molecule has 0 fully saturated rings. The predicted octanol–water partition coefficient (Wildman–Crippen LogP) is 14.1. The molecule has 8 nitrogen and oxygen atoms in total. The quantitative estimate of drug-likeness (QED) is 0.0282. The molecule has 0 rings (SSSR count). The van der Waals surface area contributed by atoms with Crippen molar-refractivity contribution in [3.05, 3.63) is 85.1 Å². The van der Waals surface area contributed by atoms with Crippen LogP contribution in [0.15, 0.2) is 85.1 Å². The summed E-state index contributed by atoms with van der Waals surface area (Å²) in [5.41, 5.74) is 0. The van der Waals surface area contributed by atoms with E-state index in [0.29, 0.717) is 19.3 Å². The first kappa shape index (κ1) is 58.5. The minimum absolute atomic E-state index is 0.0462. The number of carboxylic acids is 1. The predicted molar refractivity (Wildman–Crippen MR) is 261 cm³/mol. The van der Waals surface area contributed by atoms with E-state index in [0.717, 1.165) is 103 Å². The number of rotatable bonds is 43. The van der Waals surface area contributed by atoms with E-state index < -0.39 is 18.1 Å². The van der Waals surface area contributed by atoms with Crippen LogP contribution in [-0.4, -0.2) is 80.6 Å². The Bertz CT molecular complexity index is 1290. The highest BCUT2D eigenvalue weighted by molar-refractivity contribution is 5.72. The maximum absolute atomic E-state index is 12.8. The first-order valence-corrected chi connectivity index (χ1v) is 24.6. The van der Waals surface area contributed by atoms with Gasteiger partial charge in [0, 0.05) is 19.3 Å². The molecule has 2 atom stereocenters. The number of hydrogen-bond acceptors (Lipinski definition) is 6. The molecule has 0 aromatic heterocycles. The van der Waals surface area contributed by atoms with E-state index in [2.05, 4.69) is 98.9 Å². The molecule has 1 N–H and O–H groups in total. The van der Waals surface area contributed by atoms with Gasteiger partial charge in [0.05, 0.1) is 34.4 Å². The van der Waals surface area contributed by atoms with Gasteiger partial charge >= 0.3 is 17.9 Å². The molecule has 0 aromatic rings. The Labute approximate surface area is 380 Å². The number of ether oxygens (including phenoxy) is 3. The summed E-state index contributed by atoms with van der Waals surface area (Å²) in [6, 6.07) is -0.625. The molecule has 0 spiro atoms. The highest BCUT2D eigenvalue weighted by Gasteiger charge is 2.31.